The zero-order valence-corrected chi connectivity index (χ0v) is 10.3. The number of hydrogen-bond acceptors (Lipinski definition) is 4. The van der Waals surface area contributed by atoms with Crippen LogP contribution in [-0.2, 0) is 0 Å². The van der Waals surface area contributed by atoms with Gasteiger partial charge in [0.2, 0.25) is 0 Å². The molecule has 5 heteroatoms. The average Bonchev–Trinajstić information content (AvgIpc) is 3.10. The van der Waals surface area contributed by atoms with Crippen molar-refractivity contribution in [2.24, 2.45) is 0 Å². The molecule has 1 saturated carbocycles. The molecule has 0 amide bonds. The maximum atomic E-state index is 9.11. The van der Waals surface area contributed by atoms with Crippen LogP contribution >= 0.6 is 11.6 Å². The first-order valence-corrected chi connectivity index (χ1v) is 5.87. The van der Waals surface area contributed by atoms with E-state index in [1.165, 1.54) is 0 Å². The molecule has 1 N–H and O–H groups in total. The zero-order valence-electron chi connectivity index (χ0n) is 9.52. The van der Waals surface area contributed by atoms with Crippen LogP contribution < -0.4 is 4.90 Å². The Morgan fingerprint density at radius 1 is 1.56 bits per heavy atom. The van der Waals surface area contributed by atoms with Gasteiger partial charge in [0.1, 0.15) is 16.8 Å². The van der Waals surface area contributed by atoms with Crippen LogP contribution in [0.1, 0.15) is 31.5 Å². The highest BCUT2D eigenvalue weighted by Crippen LogP contribution is 2.39. The van der Waals surface area contributed by atoms with E-state index in [-0.39, 0.29) is 12.6 Å². The SMILES string of the molecule is CC(CO)N(C)c1cc(Cl)nc(C2CC2)n1. The molecule has 16 heavy (non-hydrogen) atoms. The minimum absolute atomic E-state index is 0.0259. The molecule has 0 bridgehead atoms. The summed E-state index contributed by atoms with van der Waals surface area (Å²) in [5, 5.41) is 9.58. The van der Waals surface area contributed by atoms with Crippen LogP contribution in [-0.4, -0.2) is 34.8 Å². The van der Waals surface area contributed by atoms with Gasteiger partial charge in [-0.15, -0.1) is 0 Å². The quantitative estimate of drug-likeness (QED) is 0.817. The fourth-order valence-electron chi connectivity index (χ4n) is 1.48. The molecule has 0 radical (unpaired) electrons. The lowest BCUT2D eigenvalue weighted by molar-refractivity contribution is 0.269. The van der Waals surface area contributed by atoms with Crippen LogP contribution in [0.4, 0.5) is 5.82 Å². The summed E-state index contributed by atoms with van der Waals surface area (Å²) in [6.07, 6.45) is 2.30. The Hall–Kier alpha value is -0.870. The standard InChI is InChI=1S/C11H16ClN3O/c1-7(6-16)15(2)10-5-9(12)13-11(14-10)8-3-4-8/h5,7-8,16H,3-4,6H2,1-2H3. The van der Waals surface area contributed by atoms with Gasteiger partial charge in [0, 0.05) is 19.0 Å². The van der Waals surface area contributed by atoms with Crippen LogP contribution in [0.15, 0.2) is 6.07 Å². The Balaban J connectivity index is 2.25. The summed E-state index contributed by atoms with van der Waals surface area (Å²) < 4.78 is 0. The predicted octanol–water partition coefficient (Wildman–Crippen LogP) is 1.82. The third kappa shape index (κ3) is 2.44. The molecule has 1 heterocycles. The Bertz CT molecular complexity index is 381. The summed E-state index contributed by atoms with van der Waals surface area (Å²) in [5.74, 6) is 2.10. The van der Waals surface area contributed by atoms with Gasteiger partial charge in [0.15, 0.2) is 0 Å². The molecule has 1 aromatic heterocycles. The molecule has 2 rings (SSSR count). The van der Waals surface area contributed by atoms with Gasteiger partial charge in [-0.1, -0.05) is 11.6 Å². The Kier molecular flexibility index (Phi) is 3.30. The first-order valence-electron chi connectivity index (χ1n) is 5.50. The molecule has 0 spiro atoms. The molecule has 1 aliphatic carbocycles. The van der Waals surface area contributed by atoms with E-state index in [1.807, 2.05) is 18.9 Å². The Morgan fingerprint density at radius 2 is 2.25 bits per heavy atom. The van der Waals surface area contributed by atoms with Crippen molar-refractivity contribution in [1.29, 1.82) is 0 Å². The van der Waals surface area contributed by atoms with Crippen LogP contribution in [0.5, 0.6) is 0 Å². The van der Waals surface area contributed by atoms with Crippen molar-refractivity contribution >= 4 is 17.4 Å². The number of nitrogens with zero attached hydrogens (tertiary/aromatic N) is 3. The zero-order chi connectivity index (χ0) is 11.7. The van der Waals surface area contributed by atoms with Crippen molar-refractivity contribution in [2.75, 3.05) is 18.6 Å². The summed E-state index contributed by atoms with van der Waals surface area (Å²) in [7, 11) is 1.90. The molecule has 0 aromatic carbocycles. The largest absolute Gasteiger partial charge is 0.394 e. The maximum absolute atomic E-state index is 9.11. The minimum Gasteiger partial charge on any atom is -0.394 e. The lowest BCUT2D eigenvalue weighted by Gasteiger charge is -2.24. The van der Waals surface area contributed by atoms with Gasteiger partial charge in [0.25, 0.3) is 0 Å². The maximum Gasteiger partial charge on any atom is 0.135 e. The van der Waals surface area contributed by atoms with Crippen molar-refractivity contribution in [3.05, 3.63) is 17.0 Å². The molecule has 1 atom stereocenters. The number of aliphatic hydroxyl groups is 1. The number of rotatable bonds is 4. The first-order chi connectivity index (χ1) is 7.61. The summed E-state index contributed by atoms with van der Waals surface area (Å²) in [5.41, 5.74) is 0. The molecular formula is C11H16ClN3O. The third-order valence-corrected chi connectivity index (χ3v) is 3.12. The van der Waals surface area contributed by atoms with E-state index in [0.717, 1.165) is 24.5 Å². The number of anilines is 1. The topological polar surface area (TPSA) is 49.2 Å². The molecule has 1 aromatic rings. The van der Waals surface area contributed by atoms with E-state index < -0.39 is 0 Å². The van der Waals surface area contributed by atoms with Gasteiger partial charge in [-0.25, -0.2) is 9.97 Å². The Morgan fingerprint density at radius 3 is 2.81 bits per heavy atom. The fourth-order valence-corrected chi connectivity index (χ4v) is 1.66. The first kappa shape index (κ1) is 11.6. The monoisotopic (exact) mass is 241 g/mol. The summed E-state index contributed by atoms with van der Waals surface area (Å²) in [6.45, 7) is 2.03. The third-order valence-electron chi connectivity index (χ3n) is 2.93. The van der Waals surface area contributed by atoms with Crippen molar-refractivity contribution in [1.82, 2.24) is 9.97 Å². The number of halogens is 1. The van der Waals surface area contributed by atoms with Crippen molar-refractivity contribution in [3.8, 4) is 0 Å². The Labute approximate surface area is 100 Å². The predicted molar refractivity (Wildman–Crippen MR) is 64.0 cm³/mol. The fraction of sp³-hybridized carbons (Fsp3) is 0.636. The smallest absolute Gasteiger partial charge is 0.135 e. The molecule has 1 aliphatic rings. The molecule has 4 nitrogen and oxygen atoms in total. The molecule has 1 unspecified atom stereocenters. The minimum atomic E-state index is 0.0259. The van der Waals surface area contributed by atoms with Crippen molar-refractivity contribution in [3.63, 3.8) is 0 Å². The van der Waals surface area contributed by atoms with E-state index in [2.05, 4.69) is 9.97 Å². The molecule has 0 saturated heterocycles. The van der Waals surface area contributed by atoms with Gasteiger partial charge in [-0.3, -0.25) is 0 Å². The van der Waals surface area contributed by atoms with E-state index in [0.29, 0.717) is 11.1 Å². The highest BCUT2D eigenvalue weighted by molar-refractivity contribution is 6.29. The van der Waals surface area contributed by atoms with Crippen LogP contribution in [0.3, 0.4) is 0 Å². The van der Waals surface area contributed by atoms with Crippen LogP contribution in [0.25, 0.3) is 0 Å². The lowest BCUT2D eigenvalue weighted by atomic mass is 10.3. The van der Waals surface area contributed by atoms with Crippen molar-refractivity contribution in [2.45, 2.75) is 31.7 Å². The normalized spacial score (nSPS) is 17.2. The second kappa shape index (κ2) is 4.55. The van der Waals surface area contributed by atoms with Gasteiger partial charge >= 0.3 is 0 Å². The molecular weight excluding hydrogens is 226 g/mol. The lowest BCUT2D eigenvalue weighted by Crippen LogP contribution is -2.32. The summed E-state index contributed by atoms with van der Waals surface area (Å²) in [4.78, 5) is 10.6. The number of hydrogen-bond donors (Lipinski definition) is 1. The van der Waals surface area contributed by atoms with Gasteiger partial charge in [-0.2, -0.15) is 0 Å². The van der Waals surface area contributed by atoms with E-state index in [1.54, 1.807) is 6.07 Å². The highest BCUT2D eigenvalue weighted by atomic mass is 35.5. The summed E-state index contributed by atoms with van der Waals surface area (Å²) >= 11 is 5.97. The second-order valence-corrected chi connectivity index (χ2v) is 4.71. The number of likely N-dealkylation sites (N-methyl/N-ethyl adjacent to an activating group) is 1. The highest BCUT2D eigenvalue weighted by Gasteiger charge is 2.27. The molecule has 88 valence electrons. The van der Waals surface area contributed by atoms with E-state index in [9.17, 15) is 0 Å². The van der Waals surface area contributed by atoms with Crippen molar-refractivity contribution < 1.29 is 5.11 Å². The number of aliphatic hydroxyl groups excluding tert-OH is 1. The van der Waals surface area contributed by atoms with Gasteiger partial charge in [0.05, 0.1) is 12.6 Å². The van der Waals surface area contributed by atoms with Gasteiger partial charge < -0.3 is 10.0 Å². The second-order valence-electron chi connectivity index (χ2n) is 4.32. The molecule has 0 aliphatic heterocycles. The molecule has 1 fully saturated rings. The number of aromatic nitrogens is 2. The summed E-state index contributed by atoms with van der Waals surface area (Å²) in [6, 6.07) is 1.76. The van der Waals surface area contributed by atoms with Crippen LogP contribution in [0, 0.1) is 0 Å². The van der Waals surface area contributed by atoms with E-state index >= 15 is 0 Å². The van der Waals surface area contributed by atoms with Crippen LogP contribution in [0.2, 0.25) is 5.15 Å². The van der Waals surface area contributed by atoms with E-state index in [4.69, 9.17) is 16.7 Å². The average molecular weight is 242 g/mol. The van der Waals surface area contributed by atoms with Gasteiger partial charge in [-0.05, 0) is 19.8 Å².